The van der Waals surface area contributed by atoms with Gasteiger partial charge in [-0.2, -0.15) is 0 Å². The number of ketones is 1. The predicted molar refractivity (Wildman–Crippen MR) is 84.9 cm³/mol. The number of Topliss-reactive ketones (excluding diaryl/α,β-unsaturated/α-hetero) is 1. The summed E-state index contributed by atoms with van der Waals surface area (Å²) in [7, 11) is 0. The Morgan fingerprint density at radius 3 is 2.14 bits per heavy atom. The van der Waals surface area contributed by atoms with Crippen molar-refractivity contribution < 1.29 is 9.59 Å². The molecule has 122 valence electrons. The zero-order valence-corrected chi connectivity index (χ0v) is 14.2. The van der Waals surface area contributed by atoms with Crippen molar-refractivity contribution in [2.45, 2.75) is 53.5 Å². The summed E-state index contributed by atoms with van der Waals surface area (Å²) in [4.78, 5) is 26.3. The van der Waals surface area contributed by atoms with Crippen LogP contribution in [0.25, 0.3) is 0 Å². The third-order valence-electron chi connectivity index (χ3n) is 4.53. The van der Waals surface area contributed by atoms with Crippen molar-refractivity contribution in [3.8, 4) is 0 Å². The van der Waals surface area contributed by atoms with E-state index in [1.807, 2.05) is 0 Å². The van der Waals surface area contributed by atoms with Crippen molar-refractivity contribution in [1.29, 1.82) is 0 Å². The molecule has 0 aromatic heterocycles. The Kier molecular flexibility index (Phi) is 5.93. The Labute approximate surface area is 128 Å². The van der Waals surface area contributed by atoms with E-state index in [2.05, 4.69) is 24.1 Å². The molecule has 1 heterocycles. The van der Waals surface area contributed by atoms with Crippen LogP contribution >= 0.6 is 0 Å². The van der Waals surface area contributed by atoms with E-state index in [0.717, 1.165) is 25.9 Å². The number of nitrogens with two attached hydrogens (primary N) is 1. The normalized spacial score (nSPS) is 19.6. The van der Waals surface area contributed by atoms with Crippen LogP contribution in [-0.2, 0) is 9.59 Å². The highest BCUT2D eigenvalue weighted by Gasteiger charge is 2.36. The molecule has 0 spiro atoms. The Balaban J connectivity index is 2.56. The monoisotopic (exact) mass is 297 g/mol. The molecule has 0 aromatic rings. The first-order valence-corrected chi connectivity index (χ1v) is 7.88. The number of carbonyl (C=O) groups excluding carboxylic acids is 2. The van der Waals surface area contributed by atoms with E-state index < -0.39 is 11.3 Å². The Hall–Kier alpha value is -0.940. The molecule has 0 aromatic carbocycles. The fourth-order valence-electron chi connectivity index (χ4n) is 2.66. The highest BCUT2D eigenvalue weighted by atomic mass is 16.2. The minimum absolute atomic E-state index is 0.0702. The molecule has 1 fully saturated rings. The summed E-state index contributed by atoms with van der Waals surface area (Å²) in [6, 6.07) is 0.540. The van der Waals surface area contributed by atoms with E-state index in [9.17, 15) is 9.59 Å². The second kappa shape index (κ2) is 6.88. The molecule has 1 saturated heterocycles. The summed E-state index contributed by atoms with van der Waals surface area (Å²) < 4.78 is 0. The fraction of sp³-hybridized carbons (Fsp3) is 0.875. The van der Waals surface area contributed by atoms with Crippen molar-refractivity contribution >= 4 is 11.7 Å². The largest absolute Gasteiger partial charge is 0.349 e. The van der Waals surface area contributed by atoms with Crippen LogP contribution in [-0.4, -0.2) is 48.8 Å². The molecular weight excluding hydrogens is 266 g/mol. The van der Waals surface area contributed by atoms with Crippen molar-refractivity contribution in [3.05, 3.63) is 0 Å². The molecule has 5 heteroatoms. The number of likely N-dealkylation sites (tertiary alicyclic amines) is 1. The first-order valence-electron chi connectivity index (χ1n) is 7.88. The SMILES string of the molecule is CC(C)N1CCC(CN)(CNC(=O)C(=O)C(C)(C)C)CC1. The van der Waals surface area contributed by atoms with Gasteiger partial charge in [0.05, 0.1) is 0 Å². The summed E-state index contributed by atoms with van der Waals surface area (Å²) in [6.07, 6.45) is 1.93. The topological polar surface area (TPSA) is 75.4 Å². The van der Waals surface area contributed by atoms with Gasteiger partial charge in [0.15, 0.2) is 0 Å². The zero-order valence-electron chi connectivity index (χ0n) is 14.2. The average Bonchev–Trinajstić information content (AvgIpc) is 2.43. The number of hydrogen-bond acceptors (Lipinski definition) is 4. The van der Waals surface area contributed by atoms with Crippen LogP contribution in [0.3, 0.4) is 0 Å². The second-order valence-corrected chi connectivity index (χ2v) is 7.60. The lowest BCUT2D eigenvalue weighted by Gasteiger charge is -2.42. The van der Waals surface area contributed by atoms with E-state index in [0.29, 0.717) is 19.1 Å². The molecule has 1 amide bonds. The Bertz CT molecular complexity index is 377. The number of nitrogens with zero attached hydrogens (tertiary/aromatic N) is 1. The maximum atomic E-state index is 12.0. The zero-order chi connectivity index (χ0) is 16.3. The standard InChI is InChI=1S/C16H31N3O2/c1-12(2)19-8-6-16(10-17,7-9-19)11-18-14(21)13(20)15(3,4)5/h12H,6-11,17H2,1-5H3,(H,18,21). The highest BCUT2D eigenvalue weighted by molar-refractivity contribution is 6.37. The Morgan fingerprint density at radius 2 is 1.76 bits per heavy atom. The molecule has 0 bridgehead atoms. The Morgan fingerprint density at radius 1 is 1.24 bits per heavy atom. The van der Waals surface area contributed by atoms with E-state index in [4.69, 9.17) is 5.73 Å². The third-order valence-corrected chi connectivity index (χ3v) is 4.53. The minimum Gasteiger partial charge on any atom is -0.349 e. The summed E-state index contributed by atoms with van der Waals surface area (Å²) in [5, 5.41) is 2.81. The summed E-state index contributed by atoms with van der Waals surface area (Å²) in [5.41, 5.74) is 5.25. The molecular formula is C16H31N3O2. The maximum absolute atomic E-state index is 12.0. The van der Waals surface area contributed by atoms with Gasteiger partial charge in [-0.15, -0.1) is 0 Å². The molecule has 0 radical (unpaired) electrons. The molecule has 21 heavy (non-hydrogen) atoms. The number of carbonyl (C=O) groups is 2. The molecule has 0 unspecified atom stereocenters. The van der Waals surface area contributed by atoms with Gasteiger partial charge in [-0.05, 0) is 46.3 Å². The average molecular weight is 297 g/mol. The van der Waals surface area contributed by atoms with Gasteiger partial charge < -0.3 is 16.0 Å². The van der Waals surface area contributed by atoms with Crippen molar-refractivity contribution in [1.82, 2.24) is 10.2 Å². The second-order valence-electron chi connectivity index (χ2n) is 7.60. The minimum atomic E-state index is -0.638. The lowest BCUT2D eigenvalue weighted by Crippen LogP contribution is -2.52. The van der Waals surface area contributed by atoms with E-state index in [-0.39, 0.29) is 11.2 Å². The molecule has 0 atom stereocenters. The van der Waals surface area contributed by atoms with Gasteiger partial charge in [0, 0.05) is 23.4 Å². The van der Waals surface area contributed by atoms with Crippen LogP contribution in [0, 0.1) is 10.8 Å². The number of amides is 1. The van der Waals surface area contributed by atoms with Crippen LogP contribution in [0.4, 0.5) is 0 Å². The molecule has 0 aliphatic carbocycles. The van der Waals surface area contributed by atoms with Gasteiger partial charge in [-0.3, -0.25) is 9.59 Å². The third kappa shape index (κ3) is 4.78. The molecule has 1 aliphatic heterocycles. The van der Waals surface area contributed by atoms with Gasteiger partial charge in [0.2, 0.25) is 5.78 Å². The number of piperidine rings is 1. The predicted octanol–water partition coefficient (Wildman–Crippen LogP) is 1.17. The first-order chi connectivity index (χ1) is 9.61. The number of rotatable bonds is 5. The van der Waals surface area contributed by atoms with Gasteiger partial charge in [0.1, 0.15) is 0 Å². The van der Waals surface area contributed by atoms with Crippen molar-refractivity contribution in [2.24, 2.45) is 16.6 Å². The van der Waals surface area contributed by atoms with Crippen molar-refractivity contribution in [3.63, 3.8) is 0 Å². The summed E-state index contributed by atoms with van der Waals surface area (Å²) in [5.74, 6) is -0.851. The van der Waals surface area contributed by atoms with E-state index in [1.54, 1.807) is 20.8 Å². The summed E-state index contributed by atoms with van der Waals surface area (Å²) in [6.45, 7) is 12.7. The summed E-state index contributed by atoms with van der Waals surface area (Å²) >= 11 is 0. The highest BCUT2D eigenvalue weighted by Crippen LogP contribution is 2.30. The first kappa shape index (κ1) is 18.1. The van der Waals surface area contributed by atoms with E-state index in [1.165, 1.54) is 0 Å². The molecule has 1 rings (SSSR count). The van der Waals surface area contributed by atoms with Crippen LogP contribution in [0.2, 0.25) is 0 Å². The maximum Gasteiger partial charge on any atom is 0.287 e. The molecule has 0 saturated carbocycles. The van der Waals surface area contributed by atoms with Gasteiger partial charge in [0.25, 0.3) is 5.91 Å². The number of hydrogen-bond donors (Lipinski definition) is 2. The van der Waals surface area contributed by atoms with Crippen LogP contribution in [0.1, 0.15) is 47.5 Å². The fourth-order valence-corrected chi connectivity index (χ4v) is 2.66. The molecule has 5 nitrogen and oxygen atoms in total. The number of nitrogens with one attached hydrogen (secondary N) is 1. The van der Waals surface area contributed by atoms with Gasteiger partial charge >= 0.3 is 0 Å². The lowest BCUT2D eigenvalue weighted by molar-refractivity contribution is -0.142. The van der Waals surface area contributed by atoms with E-state index >= 15 is 0 Å². The van der Waals surface area contributed by atoms with Gasteiger partial charge in [-0.1, -0.05) is 20.8 Å². The quantitative estimate of drug-likeness (QED) is 0.747. The molecule has 1 aliphatic rings. The smallest absolute Gasteiger partial charge is 0.287 e. The molecule has 3 N–H and O–H groups in total. The van der Waals surface area contributed by atoms with Crippen molar-refractivity contribution in [2.75, 3.05) is 26.2 Å². The van der Waals surface area contributed by atoms with Crippen LogP contribution < -0.4 is 11.1 Å². The van der Waals surface area contributed by atoms with Crippen LogP contribution in [0.15, 0.2) is 0 Å². The van der Waals surface area contributed by atoms with Gasteiger partial charge in [-0.25, -0.2) is 0 Å². The lowest BCUT2D eigenvalue weighted by atomic mass is 9.78. The van der Waals surface area contributed by atoms with Crippen LogP contribution in [0.5, 0.6) is 0 Å².